The lowest BCUT2D eigenvalue weighted by Gasteiger charge is -2.22. The molecule has 0 fully saturated rings. The van der Waals surface area contributed by atoms with Gasteiger partial charge in [0.05, 0.1) is 0 Å². The average Bonchev–Trinajstić information content (AvgIpc) is 2.30. The van der Waals surface area contributed by atoms with Crippen molar-refractivity contribution < 1.29 is 0 Å². The quantitative estimate of drug-likeness (QED) is 0.761. The van der Waals surface area contributed by atoms with Crippen molar-refractivity contribution in [3.05, 3.63) is 33.3 Å². The number of benzene rings is 1. The van der Waals surface area contributed by atoms with E-state index >= 15 is 0 Å². The monoisotopic (exact) mass is 317 g/mol. The molecule has 1 aromatic carbocycles. The predicted molar refractivity (Wildman–Crippen MR) is 79.6 cm³/mol. The fourth-order valence-corrected chi connectivity index (χ4v) is 2.90. The van der Waals surface area contributed by atoms with E-state index in [1.165, 1.54) is 18.4 Å². The molecule has 1 nitrogen and oxygen atoms in total. The van der Waals surface area contributed by atoms with Gasteiger partial charge in [-0.05, 0) is 43.1 Å². The van der Waals surface area contributed by atoms with E-state index < -0.39 is 0 Å². The largest absolute Gasteiger partial charge is 0.313 e. The van der Waals surface area contributed by atoms with E-state index in [2.05, 4.69) is 35.1 Å². The molecule has 2 atom stereocenters. The number of hydrogen-bond donors (Lipinski definition) is 1. The first-order valence-electron chi connectivity index (χ1n) is 6.20. The van der Waals surface area contributed by atoms with Crippen molar-refractivity contribution in [3.63, 3.8) is 0 Å². The van der Waals surface area contributed by atoms with Crippen LogP contribution in [-0.2, 0) is 0 Å². The van der Waals surface area contributed by atoms with E-state index in [0.717, 1.165) is 21.8 Å². The van der Waals surface area contributed by atoms with Crippen LogP contribution < -0.4 is 5.32 Å². The Morgan fingerprint density at radius 2 is 2.12 bits per heavy atom. The van der Waals surface area contributed by atoms with E-state index in [-0.39, 0.29) is 0 Å². The third-order valence-corrected chi connectivity index (χ3v) is 4.06. The van der Waals surface area contributed by atoms with Gasteiger partial charge < -0.3 is 5.32 Å². The van der Waals surface area contributed by atoms with Crippen molar-refractivity contribution in [2.45, 2.75) is 39.2 Å². The topological polar surface area (TPSA) is 12.0 Å². The molecule has 2 unspecified atom stereocenters. The Morgan fingerprint density at radius 1 is 1.41 bits per heavy atom. The zero-order chi connectivity index (χ0) is 12.8. The van der Waals surface area contributed by atoms with Gasteiger partial charge in [-0.1, -0.05) is 54.2 Å². The number of halogens is 2. The summed E-state index contributed by atoms with van der Waals surface area (Å²) in [5, 5.41) is 4.18. The predicted octanol–water partition coefficient (Wildman–Crippen LogP) is 5.19. The Kier molecular flexibility index (Phi) is 6.53. The van der Waals surface area contributed by atoms with E-state index in [4.69, 9.17) is 11.6 Å². The van der Waals surface area contributed by atoms with E-state index in [0.29, 0.717) is 6.04 Å². The minimum Gasteiger partial charge on any atom is -0.313 e. The molecule has 0 radical (unpaired) electrons. The van der Waals surface area contributed by atoms with Gasteiger partial charge in [-0.25, -0.2) is 0 Å². The Bertz CT molecular complexity index is 354. The summed E-state index contributed by atoms with van der Waals surface area (Å²) in [7, 11) is 2.01. The zero-order valence-corrected chi connectivity index (χ0v) is 13.1. The minimum atomic E-state index is 0.365. The highest BCUT2D eigenvalue weighted by atomic mass is 79.9. The Morgan fingerprint density at radius 3 is 2.71 bits per heavy atom. The molecule has 0 amide bonds. The van der Waals surface area contributed by atoms with Crippen LogP contribution >= 0.6 is 27.5 Å². The number of nitrogens with one attached hydrogen (secondary N) is 1. The minimum absolute atomic E-state index is 0.365. The van der Waals surface area contributed by atoms with Gasteiger partial charge >= 0.3 is 0 Å². The molecule has 0 aromatic heterocycles. The molecule has 0 bridgehead atoms. The van der Waals surface area contributed by atoms with Crippen LogP contribution in [0.5, 0.6) is 0 Å². The third kappa shape index (κ3) is 4.61. The smallest absolute Gasteiger partial charge is 0.0410 e. The SMILES string of the molecule is CCCC(C)CC(NC)c1cc(Cl)ccc1Br. The van der Waals surface area contributed by atoms with E-state index in [1.807, 2.05) is 25.2 Å². The lowest BCUT2D eigenvalue weighted by molar-refractivity contribution is 0.406. The maximum absolute atomic E-state index is 6.07. The van der Waals surface area contributed by atoms with Gasteiger partial charge in [0.1, 0.15) is 0 Å². The van der Waals surface area contributed by atoms with Crippen molar-refractivity contribution in [3.8, 4) is 0 Å². The summed E-state index contributed by atoms with van der Waals surface area (Å²) in [6, 6.07) is 6.35. The first-order valence-corrected chi connectivity index (χ1v) is 7.37. The van der Waals surface area contributed by atoms with Crippen molar-refractivity contribution in [2.24, 2.45) is 5.92 Å². The summed E-state index contributed by atoms with van der Waals surface area (Å²) < 4.78 is 1.13. The van der Waals surface area contributed by atoms with Gasteiger partial charge in [-0.2, -0.15) is 0 Å². The molecule has 0 aliphatic rings. The second-order valence-electron chi connectivity index (χ2n) is 4.64. The van der Waals surface area contributed by atoms with Crippen LogP contribution in [0.3, 0.4) is 0 Å². The lowest BCUT2D eigenvalue weighted by Crippen LogP contribution is -2.19. The number of rotatable bonds is 6. The molecule has 1 aromatic rings. The van der Waals surface area contributed by atoms with Gasteiger partial charge in [0, 0.05) is 15.5 Å². The summed E-state index contributed by atoms with van der Waals surface area (Å²) in [5.74, 6) is 0.725. The third-order valence-electron chi connectivity index (χ3n) is 3.10. The maximum Gasteiger partial charge on any atom is 0.0410 e. The molecule has 0 aliphatic heterocycles. The molecule has 0 aliphatic carbocycles. The number of hydrogen-bond acceptors (Lipinski definition) is 1. The first kappa shape index (κ1) is 15.0. The zero-order valence-electron chi connectivity index (χ0n) is 10.8. The van der Waals surface area contributed by atoms with Crippen molar-refractivity contribution >= 4 is 27.5 Å². The highest BCUT2D eigenvalue weighted by molar-refractivity contribution is 9.10. The Hall–Kier alpha value is -0.0500. The maximum atomic E-state index is 6.07. The molecule has 17 heavy (non-hydrogen) atoms. The first-order chi connectivity index (χ1) is 8.08. The molecule has 1 N–H and O–H groups in total. The van der Waals surface area contributed by atoms with Gasteiger partial charge in [-0.15, -0.1) is 0 Å². The molecule has 0 heterocycles. The van der Waals surface area contributed by atoms with Crippen LogP contribution in [0.25, 0.3) is 0 Å². The van der Waals surface area contributed by atoms with Crippen LogP contribution in [0, 0.1) is 5.92 Å². The summed E-state index contributed by atoms with van der Waals surface area (Å²) in [6.45, 7) is 4.55. The summed E-state index contributed by atoms with van der Waals surface area (Å²) >= 11 is 9.67. The van der Waals surface area contributed by atoms with Crippen LogP contribution in [0.1, 0.15) is 44.7 Å². The van der Waals surface area contributed by atoms with Crippen LogP contribution in [-0.4, -0.2) is 7.05 Å². The van der Waals surface area contributed by atoms with Gasteiger partial charge in [0.15, 0.2) is 0 Å². The van der Waals surface area contributed by atoms with Crippen molar-refractivity contribution in [2.75, 3.05) is 7.05 Å². The van der Waals surface area contributed by atoms with Crippen molar-refractivity contribution in [1.29, 1.82) is 0 Å². The van der Waals surface area contributed by atoms with Gasteiger partial charge in [0.25, 0.3) is 0 Å². The summed E-state index contributed by atoms with van der Waals surface area (Å²) in [4.78, 5) is 0. The highest BCUT2D eigenvalue weighted by Gasteiger charge is 2.16. The standard InChI is InChI=1S/C14H21BrClN/c1-4-5-10(2)8-14(17-3)12-9-11(16)6-7-13(12)15/h6-7,9-10,14,17H,4-5,8H2,1-3H3. The molecule has 0 saturated carbocycles. The molecule has 1 rings (SSSR count). The Labute approximate surface area is 118 Å². The van der Waals surface area contributed by atoms with Gasteiger partial charge in [0.2, 0.25) is 0 Å². The second-order valence-corrected chi connectivity index (χ2v) is 5.93. The van der Waals surface area contributed by atoms with Gasteiger partial charge in [-0.3, -0.25) is 0 Å². The molecule has 96 valence electrons. The molecule has 0 saturated heterocycles. The molecule has 0 spiro atoms. The lowest BCUT2D eigenvalue weighted by atomic mass is 9.93. The van der Waals surface area contributed by atoms with E-state index in [9.17, 15) is 0 Å². The molecular weight excluding hydrogens is 298 g/mol. The van der Waals surface area contributed by atoms with Crippen LogP contribution in [0.4, 0.5) is 0 Å². The van der Waals surface area contributed by atoms with Crippen LogP contribution in [0.15, 0.2) is 22.7 Å². The fraction of sp³-hybridized carbons (Fsp3) is 0.571. The fourth-order valence-electron chi connectivity index (χ4n) is 2.19. The average molecular weight is 319 g/mol. The summed E-state index contributed by atoms with van der Waals surface area (Å²) in [6.07, 6.45) is 3.66. The second kappa shape index (κ2) is 7.40. The van der Waals surface area contributed by atoms with E-state index in [1.54, 1.807) is 0 Å². The van der Waals surface area contributed by atoms with Crippen molar-refractivity contribution in [1.82, 2.24) is 5.32 Å². The summed E-state index contributed by atoms with van der Waals surface area (Å²) in [5.41, 5.74) is 1.25. The molecular formula is C14H21BrClN. The Balaban J connectivity index is 2.82. The van der Waals surface area contributed by atoms with Crippen LogP contribution in [0.2, 0.25) is 5.02 Å². The normalized spacial score (nSPS) is 14.6. The highest BCUT2D eigenvalue weighted by Crippen LogP contribution is 2.31. The molecule has 3 heteroatoms.